The van der Waals surface area contributed by atoms with E-state index < -0.39 is 16.6 Å². The van der Waals surface area contributed by atoms with Crippen LogP contribution in [-0.4, -0.2) is 41.9 Å². The second kappa shape index (κ2) is 13.1. The Balaban J connectivity index is 1.60. The highest BCUT2D eigenvalue weighted by Crippen LogP contribution is 2.69. The van der Waals surface area contributed by atoms with Crippen LogP contribution >= 0.6 is 0 Å². The largest absolute Gasteiger partial charge is 0.466 e. The molecule has 4 saturated carbocycles. The number of hydrogen-bond acceptors (Lipinski definition) is 4. The minimum Gasteiger partial charge on any atom is -0.466 e. The third-order valence-electron chi connectivity index (χ3n) is 15.1. The normalized spacial score (nSPS) is 38.4. The molecule has 0 bridgehead atoms. The lowest BCUT2D eigenvalue weighted by atomic mass is 9.43. The summed E-state index contributed by atoms with van der Waals surface area (Å²) < 4.78 is 19.5. The fourth-order valence-electron chi connectivity index (χ4n) is 10.3. The summed E-state index contributed by atoms with van der Waals surface area (Å²) in [5.74, 6) is 4.05. The minimum atomic E-state index is -1.94. The number of rotatable bonds is 9. The van der Waals surface area contributed by atoms with E-state index in [1.807, 2.05) is 6.08 Å². The van der Waals surface area contributed by atoms with E-state index in [1.54, 1.807) is 6.08 Å². The van der Waals surface area contributed by atoms with Crippen molar-refractivity contribution in [2.75, 3.05) is 7.11 Å². The monoisotopic (exact) mass is 660 g/mol. The maximum absolute atomic E-state index is 11.6. The van der Waals surface area contributed by atoms with Crippen molar-refractivity contribution in [3.8, 4) is 0 Å². The van der Waals surface area contributed by atoms with Gasteiger partial charge in [0.25, 0.3) is 0 Å². The van der Waals surface area contributed by atoms with Gasteiger partial charge in [0.1, 0.15) is 0 Å². The first kappa shape index (κ1) is 37.4. The van der Waals surface area contributed by atoms with Crippen LogP contribution in [0.4, 0.5) is 0 Å². The molecule has 0 spiro atoms. The van der Waals surface area contributed by atoms with Gasteiger partial charge in [-0.25, -0.2) is 4.79 Å². The van der Waals surface area contributed by atoms with Crippen molar-refractivity contribution in [2.45, 2.75) is 175 Å². The topological polar surface area (TPSA) is 44.8 Å². The maximum atomic E-state index is 11.6. The van der Waals surface area contributed by atoms with Crippen LogP contribution in [0.15, 0.2) is 12.2 Å². The number of carbonyl (C=O) groups excluding carboxylic acids is 1. The standard InChI is InChI=1S/C39H72O4Si2/c1-27(17-15-16-18-34(40)41-10)30-19-20-31-35-32(22-24-39(30,31)9)38(8)23-21-29(42-44(11,12)36(2,3)4)25-28(38)26-33(35)43-45(13,14)37(5,6)7/h16,18,27-33,35H,15,17,19-26H2,1-14H3/b18-16+/t27-,28+,29?,30-,31?,32?,33?,35?,38+,39-/m1/s1. The van der Waals surface area contributed by atoms with E-state index in [-0.39, 0.29) is 16.0 Å². The Labute approximate surface area is 280 Å². The van der Waals surface area contributed by atoms with Crippen LogP contribution in [0.2, 0.25) is 36.3 Å². The van der Waals surface area contributed by atoms with Crippen LogP contribution in [0, 0.1) is 46.3 Å². The van der Waals surface area contributed by atoms with Gasteiger partial charge in [-0.1, -0.05) is 68.4 Å². The van der Waals surface area contributed by atoms with E-state index in [1.165, 1.54) is 58.5 Å². The molecule has 0 amide bonds. The smallest absolute Gasteiger partial charge is 0.330 e. The average Bonchev–Trinajstić information content (AvgIpc) is 3.27. The van der Waals surface area contributed by atoms with Crippen LogP contribution < -0.4 is 0 Å². The van der Waals surface area contributed by atoms with E-state index in [0.29, 0.717) is 40.8 Å². The van der Waals surface area contributed by atoms with Gasteiger partial charge in [0, 0.05) is 18.3 Å². The summed E-state index contributed by atoms with van der Waals surface area (Å²) in [6.07, 6.45) is 17.0. The Bertz CT molecular complexity index is 1070. The summed E-state index contributed by atoms with van der Waals surface area (Å²) in [6.45, 7) is 32.1. The summed E-state index contributed by atoms with van der Waals surface area (Å²) in [6, 6.07) is 0. The molecule has 0 N–H and O–H groups in total. The number of esters is 1. The van der Waals surface area contributed by atoms with Gasteiger partial charge in [-0.15, -0.1) is 0 Å². The summed E-state index contributed by atoms with van der Waals surface area (Å²) in [7, 11) is -2.29. The zero-order chi connectivity index (χ0) is 33.8. The lowest BCUT2D eigenvalue weighted by Crippen LogP contribution is -2.61. The molecule has 45 heavy (non-hydrogen) atoms. The van der Waals surface area contributed by atoms with Crippen LogP contribution in [-0.2, 0) is 18.4 Å². The molecule has 0 saturated heterocycles. The van der Waals surface area contributed by atoms with E-state index >= 15 is 0 Å². The van der Waals surface area contributed by atoms with Crippen molar-refractivity contribution in [1.82, 2.24) is 0 Å². The first-order chi connectivity index (χ1) is 20.6. The molecule has 10 atom stereocenters. The average molecular weight is 661 g/mol. The second-order valence-electron chi connectivity index (χ2n) is 19.6. The zero-order valence-electron chi connectivity index (χ0n) is 32.0. The number of allylic oxidation sites excluding steroid dienone is 1. The molecule has 0 heterocycles. The summed E-state index contributed by atoms with van der Waals surface area (Å²) >= 11 is 0. The molecule has 260 valence electrons. The van der Waals surface area contributed by atoms with Crippen molar-refractivity contribution in [1.29, 1.82) is 0 Å². The van der Waals surface area contributed by atoms with Crippen LogP contribution in [0.3, 0.4) is 0 Å². The lowest BCUT2D eigenvalue weighted by Gasteiger charge is -2.64. The van der Waals surface area contributed by atoms with Gasteiger partial charge in [0.15, 0.2) is 16.6 Å². The molecule has 0 aromatic rings. The van der Waals surface area contributed by atoms with Crippen molar-refractivity contribution < 1.29 is 18.4 Å². The minimum absolute atomic E-state index is 0.214. The zero-order valence-corrected chi connectivity index (χ0v) is 34.0. The SMILES string of the molecule is COC(=O)/C=C/CC[C@@H](C)[C@H]1CCC2C3C(O[Si](C)(C)C(C)(C)C)C[C@@H]4CC(O[Si](C)(C)C(C)(C)C)CC[C@]4(C)C3CC[C@@]21C. The third kappa shape index (κ3) is 7.30. The first-order valence-electron chi connectivity index (χ1n) is 18.7. The molecular formula is C39H72O4Si2. The van der Waals surface area contributed by atoms with Gasteiger partial charge in [0.05, 0.1) is 7.11 Å². The van der Waals surface area contributed by atoms with Crippen LogP contribution in [0.5, 0.6) is 0 Å². The molecule has 5 unspecified atom stereocenters. The Morgan fingerprint density at radius 3 is 2.02 bits per heavy atom. The summed E-state index contributed by atoms with van der Waals surface area (Å²) in [4.78, 5) is 11.6. The van der Waals surface area contributed by atoms with Crippen molar-refractivity contribution in [2.24, 2.45) is 46.3 Å². The molecule has 0 radical (unpaired) electrons. The number of fused-ring (bicyclic) bond motifs is 5. The molecule has 0 aromatic carbocycles. The van der Waals surface area contributed by atoms with Gasteiger partial charge in [0.2, 0.25) is 0 Å². The quantitative estimate of drug-likeness (QED) is 0.140. The Morgan fingerprint density at radius 1 is 0.844 bits per heavy atom. The predicted molar refractivity (Wildman–Crippen MR) is 194 cm³/mol. The molecule has 0 aromatic heterocycles. The number of carbonyl (C=O) groups is 1. The van der Waals surface area contributed by atoms with Gasteiger partial charge in [-0.2, -0.15) is 0 Å². The lowest BCUT2D eigenvalue weighted by molar-refractivity contribution is -0.169. The Kier molecular flexibility index (Phi) is 10.9. The fourth-order valence-corrected chi connectivity index (χ4v) is 13.1. The first-order valence-corrected chi connectivity index (χ1v) is 24.5. The highest BCUT2D eigenvalue weighted by Gasteiger charge is 2.64. The fraction of sp³-hybridized carbons (Fsp3) is 0.923. The maximum Gasteiger partial charge on any atom is 0.330 e. The molecule has 4 aliphatic carbocycles. The molecular weight excluding hydrogens is 589 g/mol. The van der Waals surface area contributed by atoms with Crippen LogP contribution in [0.1, 0.15) is 127 Å². The second-order valence-corrected chi connectivity index (χ2v) is 29.1. The molecule has 4 fully saturated rings. The predicted octanol–water partition coefficient (Wildman–Crippen LogP) is 11.2. The van der Waals surface area contributed by atoms with Gasteiger partial charge in [-0.3, -0.25) is 0 Å². The van der Waals surface area contributed by atoms with Crippen LogP contribution in [0.25, 0.3) is 0 Å². The molecule has 0 aliphatic heterocycles. The third-order valence-corrected chi connectivity index (χ3v) is 24.2. The Morgan fingerprint density at radius 2 is 1.42 bits per heavy atom. The van der Waals surface area contributed by atoms with E-state index in [4.69, 9.17) is 13.6 Å². The summed E-state index contributed by atoms with van der Waals surface area (Å²) in [5, 5.41) is 0.465. The van der Waals surface area contributed by atoms with Crippen molar-refractivity contribution in [3.63, 3.8) is 0 Å². The van der Waals surface area contributed by atoms with E-state index in [9.17, 15) is 4.79 Å². The highest BCUT2D eigenvalue weighted by atomic mass is 28.4. The van der Waals surface area contributed by atoms with E-state index in [2.05, 4.69) is 88.5 Å². The van der Waals surface area contributed by atoms with Crippen molar-refractivity contribution >= 4 is 22.6 Å². The number of ether oxygens (including phenoxy) is 1. The van der Waals surface area contributed by atoms with E-state index in [0.717, 1.165) is 30.6 Å². The molecule has 6 heteroatoms. The summed E-state index contributed by atoms with van der Waals surface area (Å²) in [5.41, 5.74) is 0.780. The van der Waals surface area contributed by atoms with Gasteiger partial charge in [-0.05, 0) is 147 Å². The van der Waals surface area contributed by atoms with Gasteiger partial charge >= 0.3 is 5.97 Å². The molecule has 4 rings (SSSR count). The molecule has 4 nitrogen and oxygen atoms in total. The van der Waals surface area contributed by atoms with Gasteiger partial charge < -0.3 is 13.6 Å². The highest BCUT2D eigenvalue weighted by molar-refractivity contribution is 6.74. The number of hydrogen-bond donors (Lipinski definition) is 0. The Hall–Kier alpha value is -0.436. The molecule has 4 aliphatic rings. The number of methoxy groups -OCH3 is 1. The van der Waals surface area contributed by atoms with Crippen molar-refractivity contribution in [3.05, 3.63) is 12.2 Å².